The summed E-state index contributed by atoms with van der Waals surface area (Å²) in [4.78, 5) is 12.2. The molecule has 0 saturated carbocycles. The molecule has 3 rings (SSSR count). The summed E-state index contributed by atoms with van der Waals surface area (Å²) in [5.74, 6) is -1.55. The van der Waals surface area contributed by atoms with Crippen LogP contribution in [0.15, 0.2) is 42.5 Å². The summed E-state index contributed by atoms with van der Waals surface area (Å²) in [6, 6.07) is 10.5. The zero-order chi connectivity index (χ0) is 19.6. The van der Waals surface area contributed by atoms with E-state index >= 15 is 0 Å². The van der Waals surface area contributed by atoms with Gasteiger partial charge in [0.15, 0.2) is 0 Å². The second-order valence-corrected chi connectivity index (χ2v) is 6.39. The second kappa shape index (κ2) is 7.57. The number of nitrogens with one attached hydrogen (secondary N) is 2. The van der Waals surface area contributed by atoms with Gasteiger partial charge in [0.25, 0.3) is 0 Å². The predicted octanol–water partition coefficient (Wildman–Crippen LogP) is 4.78. The highest BCUT2D eigenvalue weighted by molar-refractivity contribution is 6.00. The Hall–Kier alpha value is -3.22. The Labute approximate surface area is 156 Å². The van der Waals surface area contributed by atoms with E-state index in [1.807, 2.05) is 38.1 Å². The molecule has 2 aromatic carbocycles. The maximum Gasteiger partial charge on any atom is 0.323 e. The molecule has 7 heteroatoms. The van der Waals surface area contributed by atoms with Crippen LogP contribution in [-0.4, -0.2) is 15.8 Å². The van der Waals surface area contributed by atoms with Crippen molar-refractivity contribution in [1.29, 1.82) is 0 Å². The summed E-state index contributed by atoms with van der Waals surface area (Å²) >= 11 is 0. The Morgan fingerprint density at radius 1 is 1.04 bits per heavy atom. The standard InChI is InChI=1S/C20H20F2N4O/c1-12-4-6-15(7-5-12)11-26-14(3)19(13(2)25-26)24-20(27)23-18-9-8-16(21)10-17(18)22/h4-10H,11H2,1-3H3,(H2,23,24,27). The van der Waals surface area contributed by atoms with E-state index < -0.39 is 17.7 Å². The third kappa shape index (κ3) is 4.31. The van der Waals surface area contributed by atoms with E-state index in [2.05, 4.69) is 15.7 Å². The molecule has 0 atom stereocenters. The van der Waals surface area contributed by atoms with Crippen molar-refractivity contribution >= 4 is 17.4 Å². The van der Waals surface area contributed by atoms with E-state index in [0.29, 0.717) is 24.0 Å². The first-order valence-electron chi connectivity index (χ1n) is 8.46. The number of benzene rings is 2. The van der Waals surface area contributed by atoms with Crippen LogP contribution in [-0.2, 0) is 6.54 Å². The monoisotopic (exact) mass is 370 g/mol. The molecule has 1 heterocycles. The van der Waals surface area contributed by atoms with Crippen LogP contribution in [0.25, 0.3) is 0 Å². The summed E-state index contributed by atoms with van der Waals surface area (Å²) in [7, 11) is 0. The topological polar surface area (TPSA) is 59.0 Å². The summed E-state index contributed by atoms with van der Waals surface area (Å²) < 4.78 is 28.4. The van der Waals surface area contributed by atoms with Gasteiger partial charge in [-0.2, -0.15) is 5.10 Å². The molecule has 0 spiro atoms. The number of halogens is 2. The molecule has 0 aliphatic heterocycles. The van der Waals surface area contributed by atoms with E-state index in [9.17, 15) is 13.6 Å². The van der Waals surface area contributed by atoms with Crippen LogP contribution in [0.5, 0.6) is 0 Å². The average molecular weight is 370 g/mol. The van der Waals surface area contributed by atoms with E-state index in [0.717, 1.165) is 17.3 Å². The molecule has 27 heavy (non-hydrogen) atoms. The number of rotatable bonds is 4. The van der Waals surface area contributed by atoms with Crippen LogP contribution < -0.4 is 10.6 Å². The number of urea groups is 1. The fraction of sp³-hybridized carbons (Fsp3) is 0.200. The number of nitrogens with zero attached hydrogens (tertiary/aromatic N) is 2. The SMILES string of the molecule is Cc1ccc(Cn2nc(C)c(NC(=O)Nc3ccc(F)cc3F)c2C)cc1. The smallest absolute Gasteiger partial charge is 0.305 e. The van der Waals surface area contributed by atoms with Crippen molar-refractivity contribution < 1.29 is 13.6 Å². The number of aryl methyl sites for hydroxylation is 2. The highest BCUT2D eigenvalue weighted by atomic mass is 19.1. The van der Waals surface area contributed by atoms with Crippen LogP contribution in [0.3, 0.4) is 0 Å². The van der Waals surface area contributed by atoms with Gasteiger partial charge in [0.1, 0.15) is 11.6 Å². The molecular formula is C20H20F2N4O. The Bertz CT molecular complexity index is 980. The van der Waals surface area contributed by atoms with Crippen LogP contribution in [0.1, 0.15) is 22.5 Å². The molecule has 0 unspecified atom stereocenters. The second-order valence-electron chi connectivity index (χ2n) is 6.39. The fourth-order valence-electron chi connectivity index (χ4n) is 2.76. The molecule has 2 N–H and O–H groups in total. The van der Waals surface area contributed by atoms with Crippen molar-refractivity contribution in [3.63, 3.8) is 0 Å². The van der Waals surface area contributed by atoms with Crippen molar-refractivity contribution in [2.24, 2.45) is 0 Å². The van der Waals surface area contributed by atoms with Gasteiger partial charge in [-0.25, -0.2) is 13.6 Å². The summed E-state index contributed by atoms with van der Waals surface area (Å²) in [6.07, 6.45) is 0. The largest absolute Gasteiger partial charge is 0.323 e. The third-order valence-corrected chi connectivity index (χ3v) is 4.25. The first kappa shape index (κ1) is 18.6. The minimum absolute atomic E-state index is 0.101. The van der Waals surface area contributed by atoms with Crippen molar-refractivity contribution in [1.82, 2.24) is 9.78 Å². The molecule has 0 radical (unpaired) electrons. The number of hydrogen-bond donors (Lipinski definition) is 2. The zero-order valence-electron chi connectivity index (χ0n) is 15.3. The van der Waals surface area contributed by atoms with Gasteiger partial charge in [-0.15, -0.1) is 0 Å². The molecule has 0 saturated heterocycles. The van der Waals surface area contributed by atoms with E-state index in [1.165, 1.54) is 11.6 Å². The van der Waals surface area contributed by atoms with Crippen LogP contribution in [0, 0.1) is 32.4 Å². The molecule has 2 amide bonds. The van der Waals surface area contributed by atoms with Gasteiger partial charge in [0.2, 0.25) is 0 Å². The molecule has 1 aromatic heterocycles. The van der Waals surface area contributed by atoms with Gasteiger partial charge in [0.05, 0.1) is 29.3 Å². The molecule has 0 aliphatic rings. The molecule has 140 valence electrons. The molecule has 0 bridgehead atoms. The van der Waals surface area contributed by atoms with Crippen molar-refractivity contribution in [2.45, 2.75) is 27.3 Å². The maximum atomic E-state index is 13.7. The highest BCUT2D eigenvalue weighted by Gasteiger charge is 2.15. The first-order valence-corrected chi connectivity index (χ1v) is 8.46. The van der Waals surface area contributed by atoms with Gasteiger partial charge >= 0.3 is 6.03 Å². The van der Waals surface area contributed by atoms with E-state index in [1.54, 1.807) is 11.6 Å². The highest BCUT2D eigenvalue weighted by Crippen LogP contribution is 2.22. The van der Waals surface area contributed by atoms with Crippen molar-refractivity contribution in [2.75, 3.05) is 10.6 Å². The molecule has 0 aliphatic carbocycles. The summed E-state index contributed by atoms with van der Waals surface area (Å²) in [6.45, 7) is 6.23. The maximum absolute atomic E-state index is 13.7. The predicted molar refractivity (Wildman–Crippen MR) is 101 cm³/mol. The fourth-order valence-corrected chi connectivity index (χ4v) is 2.76. The number of aromatic nitrogens is 2. The minimum atomic E-state index is -0.839. The third-order valence-electron chi connectivity index (χ3n) is 4.25. The quantitative estimate of drug-likeness (QED) is 0.694. The summed E-state index contributed by atoms with van der Waals surface area (Å²) in [5.41, 5.74) is 4.16. The molecule has 5 nitrogen and oxygen atoms in total. The Morgan fingerprint density at radius 3 is 2.41 bits per heavy atom. The molecule has 3 aromatic rings. The lowest BCUT2D eigenvalue weighted by Crippen LogP contribution is -2.21. The summed E-state index contributed by atoms with van der Waals surface area (Å²) in [5, 5.41) is 9.53. The van der Waals surface area contributed by atoms with Crippen molar-refractivity contribution in [3.05, 3.63) is 76.6 Å². The Balaban J connectivity index is 1.74. The lowest BCUT2D eigenvalue weighted by atomic mass is 10.1. The average Bonchev–Trinajstić information content (AvgIpc) is 2.87. The van der Waals surface area contributed by atoms with Gasteiger partial charge < -0.3 is 10.6 Å². The van der Waals surface area contributed by atoms with Gasteiger partial charge in [-0.1, -0.05) is 29.8 Å². The number of carbonyl (C=O) groups excluding carboxylic acids is 1. The van der Waals surface area contributed by atoms with Crippen LogP contribution in [0.4, 0.5) is 25.0 Å². The normalized spacial score (nSPS) is 10.7. The van der Waals surface area contributed by atoms with Gasteiger partial charge in [-0.05, 0) is 38.5 Å². The minimum Gasteiger partial charge on any atom is -0.305 e. The lowest BCUT2D eigenvalue weighted by molar-refractivity contribution is 0.262. The van der Waals surface area contributed by atoms with Crippen LogP contribution in [0.2, 0.25) is 0 Å². The number of carbonyl (C=O) groups is 1. The molecule has 0 fully saturated rings. The number of anilines is 2. The Morgan fingerprint density at radius 2 is 1.74 bits per heavy atom. The van der Waals surface area contributed by atoms with Crippen molar-refractivity contribution in [3.8, 4) is 0 Å². The zero-order valence-corrected chi connectivity index (χ0v) is 15.3. The molecular weight excluding hydrogens is 350 g/mol. The Kier molecular flexibility index (Phi) is 5.21. The van der Waals surface area contributed by atoms with E-state index in [-0.39, 0.29) is 5.69 Å². The van der Waals surface area contributed by atoms with Gasteiger partial charge in [-0.3, -0.25) is 4.68 Å². The van der Waals surface area contributed by atoms with Gasteiger partial charge in [0, 0.05) is 6.07 Å². The number of amides is 2. The number of hydrogen-bond acceptors (Lipinski definition) is 2. The first-order chi connectivity index (χ1) is 12.8. The lowest BCUT2D eigenvalue weighted by Gasteiger charge is -2.09. The van der Waals surface area contributed by atoms with Crippen LogP contribution >= 0.6 is 0 Å². The van der Waals surface area contributed by atoms with E-state index in [4.69, 9.17) is 0 Å².